The van der Waals surface area contributed by atoms with Crippen molar-refractivity contribution >= 4 is 5.65 Å². The van der Waals surface area contributed by atoms with Crippen molar-refractivity contribution in [3.8, 4) is 23.1 Å². The molecule has 0 saturated heterocycles. The van der Waals surface area contributed by atoms with E-state index in [2.05, 4.69) is 20.1 Å². The second-order valence-electron chi connectivity index (χ2n) is 7.98. The van der Waals surface area contributed by atoms with Crippen molar-refractivity contribution in [2.24, 2.45) is 0 Å². The molecule has 10 heteroatoms. The van der Waals surface area contributed by atoms with Crippen LogP contribution in [0.4, 0.5) is 13.2 Å². The molecule has 0 N–H and O–H groups in total. The first-order valence-corrected chi connectivity index (χ1v) is 10.3. The van der Waals surface area contributed by atoms with Crippen LogP contribution in [0.15, 0.2) is 42.9 Å². The van der Waals surface area contributed by atoms with Gasteiger partial charge in [0, 0.05) is 24.2 Å². The maximum atomic E-state index is 13.4. The average molecular weight is 455 g/mol. The highest BCUT2D eigenvalue weighted by Crippen LogP contribution is 2.56. The molecule has 0 amide bonds. The van der Waals surface area contributed by atoms with Crippen molar-refractivity contribution in [2.45, 2.75) is 31.4 Å². The Labute approximate surface area is 187 Å². The fourth-order valence-electron chi connectivity index (χ4n) is 4.21. The first-order chi connectivity index (χ1) is 15.8. The van der Waals surface area contributed by atoms with Gasteiger partial charge in [0.05, 0.1) is 31.0 Å². The van der Waals surface area contributed by atoms with E-state index in [4.69, 9.17) is 9.47 Å². The Morgan fingerprint density at radius 2 is 1.88 bits per heavy atom. The second-order valence-corrected chi connectivity index (χ2v) is 7.98. The molecule has 5 rings (SSSR count). The van der Waals surface area contributed by atoms with Gasteiger partial charge in [-0.25, -0.2) is 14.5 Å². The Kier molecular flexibility index (Phi) is 4.95. The van der Waals surface area contributed by atoms with Gasteiger partial charge in [-0.1, -0.05) is 12.1 Å². The fraction of sp³-hybridized carbons (Fsp3) is 0.304. The molecule has 170 valence electrons. The van der Waals surface area contributed by atoms with E-state index in [0.717, 1.165) is 12.0 Å². The fourth-order valence-corrected chi connectivity index (χ4v) is 4.21. The van der Waals surface area contributed by atoms with E-state index in [1.807, 2.05) is 6.07 Å². The lowest BCUT2D eigenvalue weighted by molar-refractivity contribution is -0.138. The molecule has 7 nitrogen and oxygen atoms in total. The third-order valence-corrected chi connectivity index (χ3v) is 5.96. The lowest BCUT2D eigenvalue weighted by Gasteiger charge is -2.13. The van der Waals surface area contributed by atoms with E-state index in [-0.39, 0.29) is 23.4 Å². The molecule has 33 heavy (non-hydrogen) atoms. The van der Waals surface area contributed by atoms with Gasteiger partial charge in [0.2, 0.25) is 5.88 Å². The van der Waals surface area contributed by atoms with Gasteiger partial charge in [0.25, 0.3) is 0 Å². The van der Waals surface area contributed by atoms with E-state index in [9.17, 15) is 13.2 Å². The highest BCUT2D eigenvalue weighted by atomic mass is 19.4. The van der Waals surface area contributed by atoms with Crippen LogP contribution in [0.3, 0.4) is 0 Å². The number of fused-ring (bicyclic) bond motifs is 1. The molecule has 1 fully saturated rings. The number of alkyl halides is 3. The van der Waals surface area contributed by atoms with Crippen LogP contribution in [-0.4, -0.2) is 38.8 Å². The van der Waals surface area contributed by atoms with Gasteiger partial charge in [-0.15, -0.1) is 0 Å². The Morgan fingerprint density at radius 3 is 2.61 bits per heavy atom. The second kappa shape index (κ2) is 7.72. The average Bonchev–Trinajstić information content (AvgIpc) is 3.45. The molecular weight excluding hydrogens is 435 g/mol. The normalized spacial score (nSPS) is 17.9. The van der Waals surface area contributed by atoms with Crippen LogP contribution < -0.4 is 9.47 Å². The molecule has 1 aromatic carbocycles. The van der Waals surface area contributed by atoms with Crippen LogP contribution in [0.5, 0.6) is 11.9 Å². The van der Waals surface area contributed by atoms with Gasteiger partial charge in [0.15, 0.2) is 5.65 Å². The number of benzene rings is 1. The molecule has 1 aliphatic carbocycles. The van der Waals surface area contributed by atoms with Gasteiger partial charge >= 0.3 is 12.2 Å². The topological polar surface area (TPSA) is 74.4 Å². The minimum absolute atomic E-state index is 0.0191. The zero-order valence-corrected chi connectivity index (χ0v) is 18.1. The van der Waals surface area contributed by atoms with Crippen LogP contribution in [-0.2, 0) is 6.18 Å². The van der Waals surface area contributed by atoms with Crippen molar-refractivity contribution in [3.05, 3.63) is 65.1 Å². The summed E-state index contributed by atoms with van der Waals surface area (Å²) in [6.07, 6.45) is 1.28. The molecule has 0 spiro atoms. The predicted octanol–water partition coefficient (Wildman–Crippen LogP) is 4.80. The molecule has 2 atom stereocenters. The Morgan fingerprint density at radius 1 is 1.06 bits per heavy atom. The number of imidazole rings is 1. The van der Waals surface area contributed by atoms with Gasteiger partial charge in [-0.2, -0.15) is 23.3 Å². The van der Waals surface area contributed by atoms with Crippen molar-refractivity contribution in [1.29, 1.82) is 0 Å². The largest absolute Gasteiger partial charge is 0.480 e. The molecule has 1 aliphatic rings. The first kappa shape index (κ1) is 21.2. The molecule has 0 aliphatic heterocycles. The zero-order valence-electron chi connectivity index (χ0n) is 18.1. The molecule has 0 unspecified atom stereocenters. The molecule has 4 aromatic rings. The summed E-state index contributed by atoms with van der Waals surface area (Å²) in [6.45, 7) is 1.48. The molecule has 0 radical (unpaired) electrons. The van der Waals surface area contributed by atoms with E-state index >= 15 is 0 Å². The van der Waals surface area contributed by atoms with Crippen LogP contribution >= 0.6 is 0 Å². The number of aryl methyl sites for hydroxylation is 1. The van der Waals surface area contributed by atoms with Crippen LogP contribution in [0, 0.1) is 6.92 Å². The minimum atomic E-state index is -4.38. The number of hydrogen-bond acceptors (Lipinski definition) is 6. The van der Waals surface area contributed by atoms with Crippen molar-refractivity contribution in [2.75, 3.05) is 14.2 Å². The lowest BCUT2D eigenvalue weighted by atomic mass is 9.99. The summed E-state index contributed by atoms with van der Waals surface area (Å²) in [7, 11) is 2.96. The minimum Gasteiger partial charge on any atom is -0.480 e. The summed E-state index contributed by atoms with van der Waals surface area (Å²) in [5.41, 5.74) is 3.02. The van der Waals surface area contributed by atoms with Crippen LogP contribution in [0.25, 0.3) is 16.9 Å². The standard InChI is InChI=1S/C23H20F3N5O2/c1-12-4-5-13(8-18(12)23(24,25)26)14-9-15(14)16-10-19(30-31-7-6-27-20(16)31)17-11-28-22(33-3)29-21(17)32-2/h4-8,10-11,14-15H,9H2,1-3H3/t14-,15+/m1/s1. The van der Waals surface area contributed by atoms with E-state index < -0.39 is 11.7 Å². The lowest BCUT2D eigenvalue weighted by Crippen LogP contribution is -2.08. The number of methoxy groups -OCH3 is 2. The number of aromatic nitrogens is 5. The summed E-state index contributed by atoms with van der Waals surface area (Å²) >= 11 is 0. The van der Waals surface area contributed by atoms with E-state index in [1.54, 1.807) is 29.2 Å². The highest BCUT2D eigenvalue weighted by Gasteiger charge is 2.43. The predicted molar refractivity (Wildman–Crippen MR) is 113 cm³/mol. The van der Waals surface area contributed by atoms with Crippen LogP contribution in [0.2, 0.25) is 0 Å². The summed E-state index contributed by atoms with van der Waals surface area (Å²) in [6, 6.07) is 6.64. The molecular formula is C23H20F3N5O2. The smallest absolute Gasteiger partial charge is 0.416 e. The molecule has 3 heterocycles. The number of hydrogen-bond donors (Lipinski definition) is 0. The van der Waals surface area contributed by atoms with E-state index in [0.29, 0.717) is 28.3 Å². The molecule has 0 bridgehead atoms. The van der Waals surface area contributed by atoms with Gasteiger partial charge < -0.3 is 9.47 Å². The quantitative estimate of drug-likeness (QED) is 0.430. The Bertz CT molecular complexity index is 1350. The number of rotatable bonds is 5. The SMILES string of the molecule is COc1ncc(-c2cc([C@H]3C[C@@H]3c3ccc(C)c(C(F)(F)F)c3)c3nccn3n2)c(OC)n1. The number of ether oxygens (including phenoxy) is 2. The van der Waals surface area contributed by atoms with E-state index in [1.165, 1.54) is 33.3 Å². The van der Waals surface area contributed by atoms with Crippen molar-refractivity contribution in [1.82, 2.24) is 24.6 Å². The number of halogens is 3. The highest BCUT2D eigenvalue weighted by molar-refractivity contribution is 5.68. The summed E-state index contributed by atoms with van der Waals surface area (Å²) in [5, 5.41) is 4.60. The van der Waals surface area contributed by atoms with Gasteiger partial charge in [0.1, 0.15) is 0 Å². The third-order valence-electron chi connectivity index (χ3n) is 5.96. The maximum absolute atomic E-state index is 13.4. The zero-order chi connectivity index (χ0) is 23.3. The monoisotopic (exact) mass is 455 g/mol. The van der Waals surface area contributed by atoms with Gasteiger partial charge in [-0.3, -0.25) is 0 Å². The summed E-state index contributed by atoms with van der Waals surface area (Å²) in [4.78, 5) is 12.8. The number of nitrogens with zero attached hydrogens (tertiary/aromatic N) is 5. The van der Waals surface area contributed by atoms with Crippen molar-refractivity contribution < 1.29 is 22.6 Å². The summed E-state index contributed by atoms with van der Waals surface area (Å²) in [5.74, 6) is 0.294. The third kappa shape index (κ3) is 3.75. The molecule has 3 aromatic heterocycles. The molecule has 1 saturated carbocycles. The first-order valence-electron chi connectivity index (χ1n) is 10.3. The Balaban J connectivity index is 1.55. The van der Waals surface area contributed by atoms with Crippen LogP contribution in [0.1, 0.15) is 40.5 Å². The van der Waals surface area contributed by atoms with Crippen molar-refractivity contribution in [3.63, 3.8) is 0 Å². The summed E-state index contributed by atoms with van der Waals surface area (Å²) < 4.78 is 52.3. The Hall–Kier alpha value is -3.69. The van der Waals surface area contributed by atoms with Gasteiger partial charge in [-0.05, 0) is 48.4 Å². The maximum Gasteiger partial charge on any atom is 0.416 e.